The molecule has 0 aliphatic heterocycles. The van der Waals surface area contributed by atoms with Crippen molar-refractivity contribution in [2.45, 2.75) is 24.5 Å². The van der Waals surface area contributed by atoms with Crippen LogP contribution in [-0.2, 0) is 24.4 Å². The van der Waals surface area contributed by atoms with Crippen molar-refractivity contribution in [3.63, 3.8) is 0 Å². The minimum absolute atomic E-state index is 0.125. The Labute approximate surface area is 170 Å². The van der Waals surface area contributed by atoms with Crippen molar-refractivity contribution in [3.05, 3.63) is 76.5 Å². The number of nitrogens with zero attached hydrogens (tertiary/aromatic N) is 2. The van der Waals surface area contributed by atoms with Crippen molar-refractivity contribution in [3.8, 4) is 0 Å². The van der Waals surface area contributed by atoms with Gasteiger partial charge in [0.2, 0.25) is 5.91 Å². The number of thioether (sulfide) groups is 1. The normalized spacial score (nSPS) is 10.7. The van der Waals surface area contributed by atoms with Crippen LogP contribution in [0.2, 0.25) is 0 Å². The van der Waals surface area contributed by atoms with Crippen LogP contribution in [0.1, 0.15) is 11.3 Å². The van der Waals surface area contributed by atoms with Gasteiger partial charge in [-0.1, -0.05) is 46.3 Å². The second kappa shape index (κ2) is 9.73. The fourth-order valence-corrected chi connectivity index (χ4v) is 3.51. The Hall–Kier alpha value is -2.09. The molecule has 1 amide bonds. The number of halogens is 1. The van der Waals surface area contributed by atoms with Crippen LogP contribution in [0.25, 0.3) is 0 Å². The van der Waals surface area contributed by atoms with E-state index in [4.69, 9.17) is 0 Å². The summed E-state index contributed by atoms with van der Waals surface area (Å²) in [4.78, 5) is 13.3. The molecule has 0 spiro atoms. The van der Waals surface area contributed by atoms with E-state index in [2.05, 4.69) is 38.5 Å². The highest BCUT2D eigenvalue weighted by molar-refractivity contribution is 9.10. The largest absolute Gasteiger partial charge is 0.390 e. The van der Waals surface area contributed by atoms with Crippen LogP contribution in [0.3, 0.4) is 0 Å². The maximum absolute atomic E-state index is 12.2. The van der Waals surface area contributed by atoms with Gasteiger partial charge in [0.05, 0.1) is 18.0 Å². The van der Waals surface area contributed by atoms with Crippen molar-refractivity contribution in [2.24, 2.45) is 0 Å². The van der Waals surface area contributed by atoms with Gasteiger partial charge in [-0.15, -0.1) is 11.8 Å². The summed E-state index contributed by atoms with van der Waals surface area (Å²) in [6.07, 6.45) is 2.61. The molecule has 2 N–H and O–H groups in total. The SMILES string of the molecule is O=C(CSc1ccc(Br)cc1)Nc1cn(CCc2ccccc2)nc1CO. The van der Waals surface area contributed by atoms with Crippen molar-refractivity contribution in [2.75, 3.05) is 11.1 Å². The number of aryl methyl sites for hydroxylation is 2. The molecule has 2 aromatic carbocycles. The molecule has 5 nitrogen and oxygen atoms in total. The molecule has 1 aromatic heterocycles. The Kier molecular flexibility index (Phi) is 7.09. The van der Waals surface area contributed by atoms with Crippen LogP contribution in [-0.4, -0.2) is 26.5 Å². The molecular weight excluding hydrogens is 426 g/mol. The first-order valence-electron chi connectivity index (χ1n) is 8.53. The zero-order valence-corrected chi connectivity index (χ0v) is 17.0. The van der Waals surface area contributed by atoms with Gasteiger partial charge in [0.15, 0.2) is 0 Å². The molecule has 0 atom stereocenters. The van der Waals surface area contributed by atoms with E-state index in [0.717, 1.165) is 15.8 Å². The molecule has 140 valence electrons. The van der Waals surface area contributed by atoms with E-state index in [1.54, 1.807) is 10.9 Å². The van der Waals surface area contributed by atoms with Crippen LogP contribution in [0, 0.1) is 0 Å². The van der Waals surface area contributed by atoms with Gasteiger partial charge in [-0.05, 0) is 36.2 Å². The van der Waals surface area contributed by atoms with Crippen LogP contribution >= 0.6 is 27.7 Å². The maximum Gasteiger partial charge on any atom is 0.234 e. The Bertz CT molecular complexity index is 882. The fourth-order valence-electron chi connectivity index (χ4n) is 2.55. The molecule has 0 aliphatic carbocycles. The van der Waals surface area contributed by atoms with Gasteiger partial charge in [0.1, 0.15) is 5.69 Å². The second-order valence-corrected chi connectivity index (χ2v) is 7.90. The number of carbonyl (C=O) groups is 1. The standard InChI is InChI=1S/C20H20BrN3O2S/c21-16-6-8-17(9-7-16)27-14-20(26)22-18-12-24(23-19(18)13-25)11-10-15-4-2-1-3-5-15/h1-9,12,25H,10-11,13-14H2,(H,22,26). The Morgan fingerprint density at radius 1 is 1.15 bits per heavy atom. The third-order valence-electron chi connectivity index (χ3n) is 3.92. The lowest BCUT2D eigenvalue weighted by atomic mass is 10.1. The van der Waals surface area contributed by atoms with Gasteiger partial charge in [-0.2, -0.15) is 5.10 Å². The van der Waals surface area contributed by atoms with Gasteiger partial charge in [0, 0.05) is 22.1 Å². The molecule has 0 unspecified atom stereocenters. The third-order valence-corrected chi connectivity index (χ3v) is 5.46. The fraction of sp³-hybridized carbons (Fsp3) is 0.200. The first-order valence-corrected chi connectivity index (χ1v) is 10.3. The zero-order valence-electron chi connectivity index (χ0n) is 14.6. The molecule has 1 heterocycles. The number of hydrogen-bond donors (Lipinski definition) is 2. The van der Waals surface area contributed by atoms with E-state index < -0.39 is 0 Å². The van der Waals surface area contributed by atoms with Gasteiger partial charge >= 0.3 is 0 Å². The van der Waals surface area contributed by atoms with Crippen molar-refractivity contribution < 1.29 is 9.90 Å². The van der Waals surface area contributed by atoms with Crippen molar-refractivity contribution >= 4 is 39.3 Å². The van der Waals surface area contributed by atoms with Gasteiger partial charge in [-0.25, -0.2) is 0 Å². The summed E-state index contributed by atoms with van der Waals surface area (Å²) in [5, 5.41) is 16.7. The smallest absolute Gasteiger partial charge is 0.234 e. The predicted molar refractivity (Wildman–Crippen MR) is 112 cm³/mol. The number of aliphatic hydroxyl groups excluding tert-OH is 1. The Morgan fingerprint density at radius 3 is 2.59 bits per heavy atom. The average Bonchev–Trinajstić information content (AvgIpc) is 3.08. The molecule has 3 aromatic rings. The topological polar surface area (TPSA) is 67.2 Å². The summed E-state index contributed by atoms with van der Waals surface area (Å²) in [6, 6.07) is 17.9. The number of aromatic nitrogens is 2. The van der Waals surface area contributed by atoms with E-state index in [0.29, 0.717) is 23.7 Å². The van der Waals surface area contributed by atoms with Crippen LogP contribution in [0.5, 0.6) is 0 Å². The number of aliphatic hydroxyl groups is 1. The van der Waals surface area contributed by atoms with Crippen LogP contribution in [0.15, 0.2) is 70.2 Å². The summed E-state index contributed by atoms with van der Waals surface area (Å²) >= 11 is 4.86. The van der Waals surface area contributed by atoms with Gasteiger partial charge in [0.25, 0.3) is 0 Å². The lowest BCUT2D eigenvalue weighted by molar-refractivity contribution is -0.113. The summed E-state index contributed by atoms with van der Waals surface area (Å²) in [6.45, 7) is 0.467. The highest BCUT2D eigenvalue weighted by Gasteiger charge is 2.12. The number of benzene rings is 2. The average molecular weight is 446 g/mol. The number of carbonyl (C=O) groups excluding carboxylic acids is 1. The minimum atomic E-state index is -0.214. The lowest BCUT2D eigenvalue weighted by Gasteiger charge is -2.04. The number of rotatable bonds is 8. The lowest BCUT2D eigenvalue weighted by Crippen LogP contribution is -2.14. The zero-order chi connectivity index (χ0) is 19.1. The summed E-state index contributed by atoms with van der Waals surface area (Å²) < 4.78 is 2.77. The Morgan fingerprint density at radius 2 is 1.89 bits per heavy atom. The van der Waals surface area contributed by atoms with Gasteiger partial charge < -0.3 is 10.4 Å². The molecule has 0 saturated heterocycles. The molecule has 0 saturated carbocycles. The van der Waals surface area contributed by atoms with E-state index >= 15 is 0 Å². The predicted octanol–water partition coefficient (Wildman–Crippen LogP) is 4.11. The molecule has 0 aliphatic rings. The van der Waals surface area contributed by atoms with Crippen LogP contribution < -0.4 is 5.32 Å². The number of anilines is 1. The second-order valence-electron chi connectivity index (χ2n) is 5.94. The molecule has 3 rings (SSSR count). The number of amides is 1. The van der Waals surface area contributed by atoms with E-state index in [9.17, 15) is 9.90 Å². The van der Waals surface area contributed by atoms with Crippen molar-refractivity contribution in [1.29, 1.82) is 0 Å². The van der Waals surface area contributed by atoms with E-state index in [1.165, 1.54) is 17.3 Å². The summed E-state index contributed by atoms with van der Waals surface area (Å²) in [7, 11) is 0. The number of nitrogens with one attached hydrogen (secondary N) is 1. The maximum atomic E-state index is 12.2. The van der Waals surface area contributed by atoms with Gasteiger partial charge in [-0.3, -0.25) is 9.48 Å². The molecule has 0 radical (unpaired) electrons. The molecule has 27 heavy (non-hydrogen) atoms. The molecular formula is C20H20BrN3O2S. The van der Waals surface area contributed by atoms with Crippen molar-refractivity contribution in [1.82, 2.24) is 9.78 Å². The minimum Gasteiger partial charge on any atom is -0.390 e. The Balaban J connectivity index is 1.56. The molecule has 0 bridgehead atoms. The van der Waals surface area contributed by atoms with Crippen LogP contribution in [0.4, 0.5) is 5.69 Å². The quantitative estimate of drug-likeness (QED) is 0.511. The number of hydrogen-bond acceptors (Lipinski definition) is 4. The first kappa shape index (κ1) is 19.7. The highest BCUT2D eigenvalue weighted by Crippen LogP contribution is 2.21. The summed E-state index contributed by atoms with van der Waals surface area (Å²) in [5.41, 5.74) is 2.26. The first-order chi connectivity index (χ1) is 13.1. The molecule has 0 fully saturated rings. The van der Waals surface area contributed by atoms with E-state index in [1.807, 2.05) is 42.5 Å². The molecule has 7 heteroatoms. The summed E-state index contributed by atoms with van der Waals surface area (Å²) in [5.74, 6) is 0.169. The monoisotopic (exact) mass is 445 g/mol. The third kappa shape index (κ3) is 5.95. The van der Waals surface area contributed by atoms with E-state index in [-0.39, 0.29) is 12.5 Å². The highest BCUT2D eigenvalue weighted by atomic mass is 79.9.